The Labute approximate surface area is 483 Å². The summed E-state index contributed by atoms with van der Waals surface area (Å²) in [6.45, 7) is 11.1. The molecule has 5 heterocycles. The first-order valence-corrected chi connectivity index (χ1v) is 27.2. The van der Waals surface area contributed by atoms with Crippen molar-refractivity contribution in [3.05, 3.63) is 143 Å². The number of hydrogen-bond acceptors (Lipinski definition) is 18. The van der Waals surface area contributed by atoms with E-state index in [2.05, 4.69) is 10.2 Å². The second kappa shape index (κ2) is 27.2. The second-order valence-electron chi connectivity index (χ2n) is 21.9. The van der Waals surface area contributed by atoms with Crippen molar-refractivity contribution < 1.29 is 86.3 Å². The van der Waals surface area contributed by atoms with E-state index in [-0.39, 0.29) is 67.7 Å². The van der Waals surface area contributed by atoms with E-state index in [1.807, 2.05) is 60.7 Å². The molecule has 24 nitrogen and oxygen atoms in total. The lowest BCUT2D eigenvalue weighted by Gasteiger charge is -2.41. The van der Waals surface area contributed by atoms with Crippen molar-refractivity contribution in [2.24, 2.45) is 0 Å². The molecule has 4 aromatic carbocycles. The van der Waals surface area contributed by atoms with Gasteiger partial charge < -0.3 is 28.8 Å². The van der Waals surface area contributed by atoms with Gasteiger partial charge in [0.1, 0.15) is 42.5 Å². The van der Waals surface area contributed by atoms with Crippen LogP contribution in [0.1, 0.15) is 145 Å². The number of cyclic esters (lactones) is 2. The summed E-state index contributed by atoms with van der Waals surface area (Å²) in [6.07, 6.45) is 0.0506. The number of nitrogens with zero attached hydrogens (tertiary/aromatic N) is 5. The minimum absolute atomic E-state index is 0.00408. The maximum Gasteiger partial charge on any atom is 0.430 e. The van der Waals surface area contributed by atoms with Gasteiger partial charge >= 0.3 is 42.0 Å². The number of hydrogen-bond donors (Lipinski definition) is 2. The molecule has 7 amide bonds. The normalized spacial score (nSPS) is 18.9. The summed E-state index contributed by atoms with van der Waals surface area (Å²) in [4.78, 5) is 149. The Morgan fingerprint density at radius 1 is 0.607 bits per heavy atom. The first kappa shape index (κ1) is 62.3. The van der Waals surface area contributed by atoms with Crippen molar-refractivity contribution in [2.45, 2.75) is 141 Å². The monoisotopic (exact) mass is 1160 g/mol. The number of imide groups is 2. The highest BCUT2D eigenvalue weighted by molar-refractivity contribution is 6.23. The number of benzene rings is 4. The maximum atomic E-state index is 13.1. The Balaban J connectivity index is 0.000000187. The molecule has 4 aromatic rings. The molecule has 0 aromatic heterocycles. The van der Waals surface area contributed by atoms with Gasteiger partial charge in [0.25, 0.3) is 23.6 Å². The molecule has 2 N–H and O–H groups in total. The summed E-state index contributed by atoms with van der Waals surface area (Å²) < 4.78 is 26.2. The highest BCUT2D eigenvalue weighted by Crippen LogP contribution is 2.30. The van der Waals surface area contributed by atoms with E-state index in [4.69, 9.17) is 18.9 Å². The number of carbonyl (C=O) groups is 12. The summed E-state index contributed by atoms with van der Waals surface area (Å²) in [6, 6.07) is 26.7. The summed E-state index contributed by atoms with van der Waals surface area (Å²) in [5.74, 6) is -6.74. The molecule has 4 atom stereocenters. The molecule has 0 aliphatic carbocycles. The van der Waals surface area contributed by atoms with E-state index in [1.54, 1.807) is 65.8 Å². The molecule has 0 saturated carbocycles. The number of hydrazine groups is 2. The van der Waals surface area contributed by atoms with Crippen LogP contribution in [0.5, 0.6) is 0 Å². The van der Waals surface area contributed by atoms with Crippen LogP contribution in [0.2, 0.25) is 0 Å². The molecule has 84 heavy (non-hydrogen) atoms. The number of carbonyl (C=O) groups excluding carboxylic acids is 11. The molecular formula is C60H66N6O18. The van der Waals surface area contributed by atoms with Gasteiger partial charge in [0.05, 0.1) is 22.3 Å². The van der Waals surface area contributed by atoms with E-state index in [1.165, 1.54) is 29.3 Å². The third-order valence-corrected chi connectivity index (χ3v) is 13.4. The third-order valence-electron chi connectivity index (χ3n) is 13.4. The van der Waals surface area contributed by atoms with Gasteiger partial charge in [-0.2, -0.15) is 5.01 Å². The zero-order chi connectivity index (χ0) is 61.0. The van der Waals surface area contributed by atoms with Gasteiger partial charge in [-0.15, -0.1) is 0 Å². The van der Waals surface area contributed by atoms with Crippen molar-refractivity contribution in [2.75, 3.05) is 13.1 Å². The fourth-order valence-electron chi connectivity index (χ4n) is 9.49. The molecule has 0 radical (unpaired) electrons. The molecule has 2 unspecified atom stereocenters. The number of carboxylic acids is 1. The predicted molar refractivity (Wildman–Crippen MR) is 293 cm³/mol. The van der Waals surface area contributed by atoms with E-state index >= 15 is 0 Å². The number of rotatable bonds is 12. The van der Waals surface area contributed by atoms with Crippen LogP contribution in [0.15, 0.2) is 109 Å². The van der Waals surface area contributed by atoms with Crippen LogP contribution >= 0.6 is 0 Å². The lowest BCUT2D eigenvalue weighted by Crippen LogP contribution is -2.61. The van der Waals surface area contributed by atoms with Crippen LogP contribution in [0, 0.1) is 0 Å². The minimum Gasteiger partial charge on any atom is -0.480 e. The Morgan fingerprint density at radius 2 is 1.08 bits per heavy atom. The maximum absolute atomic E-state index is 13.1. The average molecular weight is 1160 g/mol. The van der Waals surface area contributed by atoms with Crippen molar-refractivity contribution in [1.82, 2.24) is 30.3 Å². The fourth-order valence-corrected chi connectivity index (χ4v) is 9.49. The van der Waals surface area contributed by atoms with E-state index in [0.717, 1.165) is 26.0 Å². The topological polar surface area (TPSA) is 299 Å². The summed E-state index contributed by atoms with van der Waals surface area (Å²) >= 11 is 0. The second-order valence-corrected chi connectivity index (χ2v) is 21.9. The van der Waals surface area contributed by atoms with Crippen LogP contribution in [-0.2, 0) is 65.7 Å². The molecule has 0 bridgehead atoms. The molecule has 0 spiro atoms. The standard InChI is InChI=1S/C25H30N2O6.C22H27N3O7.C13H9NO5/c1-25(2,3)33-22(28)21-15-10-16-26(23(29)31-17-19-11-6-4-7-12-19)27(21)24(30)32-18-20-13-8-5-9-14-20;1-22(2,3)32-21(31)15-9-6-12-24(23-15)17(26)11-10-16(20(29)30)25-18(27)13-7-4-5-8-14(13)19(25)28;15-10-6-5-9(13(18)19-10)14-11(16)7-3-1-2-4-8(7)12(14)17/h4-9,11-14,21H,10,15-18H2,1-3H3;4-5,7-8,15-16,23H,6,9-12H2,1-3H3,(H,29,30);1-4,9H,5-6H2/t;15?,16-;9-/m.00/s1. The van der Waals surface area contributed by atoms with Gasteiger partial charge in [0.2, 0.25) is 5.91 Å². The lowest BCUT2D eigenvalue weighted by atomic mass is 10.1. The molecule has 3 saturated heterocycles. The first-order valence-electron chi connectivity index (χ1n) is 27.2. The molecule has 24 heteroatoms. The van der Waals surface area contributed by atoms with Crippen LogP contribution in [0.3, 0.4) is 0 Å². The van der Waals surface area contributed by atoms with Crippen molar-refractivity contribution in [3.8, 4) is 0 Å². The molecular weight excluding hydrogens is 1090 g/mol. The van der Waals surface area contributed by atoms with Gasteiger partial charge in [-0.05, 0) is 115 Å². The van der Waals surface area contributed by atoms with Crippen LogP contribution in [-0.4, -0.2) is 150 Å². The van der Waals surface area contributed by atoms with Crippen molar-refractivity contribution >= 4 is 71.6 Å². The summed E-state index contributed by atoms with van der Waals surface area (Å²) in [7, 11) is 0. The zero-order valence-electron chi connectivity index (χ0n) is 47.3. The molecule has 444 valence electrons. The summed E-state index contributed by atoms with van der Waals surface area (Å²) in [5, 5.41) is 13.1. The van der Waals surface area contributed by atoms with E-state index < -0.39 is 107 Å². The predicted octanol–water partition coefficient (Wildman–Crippen LogP) is 6.55. The van der Waals surface area contributed by atoms with Crippen LogP contribution in [0.4, 0.5) is 9.59 Å². The number of carboxylic acid groups (broad SMARTS) is 1. The fraction of sp³-hybridized carbons (Fsp3) is 0.400. The van der Waals surface area contributed by atoms with Gasteiger partial charge in [-0.1, -0.05) is 84.9 Å². The zero-order valence-corrected chi connectivity index (χ0v) is 47.3. The smallest absolute Gasteiger partial charge is 0.430 e. The SMILES string of the molecule is CC(C)(C)OC(=O)C1CCCN(C(=O)CC[C@@H](C(=O)O)N2C(=O)c3ccccc3C2=O)N1.CC(C)(C)OC(=O)C1CCCN(C(=O)OCc2ccccc2)N1C(=O)OCc1ccccc1.O=C1CC[C@H](N2C(=O)c3ccccc3C2=O)C(=O)O1. The Bertz CT molecular complexity index is 3110. The van der Waals surface area contributed by atoms with Gasteiger partial charge in [-0.3, -0.25) is 48.4 Å². The Hall–Kier alpha value is -9.32. The lowest BCUT2D eigenvalue weighted by molar-refractivity contribution is -0.170. The number of amides is 7. The molecule has 3 fully saturated rings. The van der Waals surface area contributed by atoms with Gasteiger partial charge in [0.15, 0.2) is 6.04 Å². The largest absolute Gasteiger partial charge is 0.480 e. The van der Waals surface area contributed by atoms with E-state index in [0.29, 0.717) is 37.1 Å². The molecule has 5 aliphatic heterocycles. The number of ether oxygens (including phenoxy) is 5. The Morgan fingerprint density at radius 3 is 1.58 bits per heavy atom. The number of esters is 4. The average Bonchev–Trinajstić information content (AvgIpc) is 2.24. The van der Waals surface area contributed by atoms with Crippen molar-refractivity contribution in [1.29, 1.82) is 0 Å². The van der Waals surface area contributed by atoms with Crippen LogP contribution < -0.4 is 5.43 Å². The van der Waals surface area contributed by atoms with Crippen molar-refractivity contribution in [3.63, 3.8) is 0 Å². The molecule has 5 aliphatic rings. The Kier molecular flexibility index (Phi) is 20.1. The van der Waals surface area contributed by atoms with E-state index in [9.17, 15) is 62.6 Å². The highest BCUT2D eigenvalue weighted by Gasteiger charge is 2.47. The minimum atomic E-state index is -1.47. The number of aliphatic carboxylic acids is 1. The number of nitrogens with one attached hydrogen (secondary N) is 1. The number of fused-ring (bicyclic) bond motifs is 2. The summed E-state index contributed by atoms with van der Waals surface area (Å²) in [5.41, 5.74) is 3.88. The highest BCUT2D eigenvalue weighted by atomic mass is 16.6. The van der Waals surface area contributed by atoms with Crippen LogP contribution in [0.25, 0.3) is 0 Å². The third kappa shape index (κ3) is 15.6. The van der Waals surface area contributed by atoms with Gasteiger partial charge in [-0.25, -0.2) is 34.4 Å². The quantitative estimate of drug-likeness (QED) is 0.0657. The molecule has 9 rings (SSSR count). The first-order chi connectivity index (χ1) is 39.8. The van der Waals surface area contributed by atoms with Gasteiger partial charge in [0, 0.05) is 25.9 Å².